The summed E-state index contributed by atoms with van der Waals surface area (Å²) < 4.78 is 5.35. The first-order valence-electron chi connectivity index (χ1n) is 4.56. The van der Waals surface area contributed by atoms with Gasteiger partial charge in [-0.05, 0) is 6.92 Å². The molecule has 0 radical (unpaired) electrons. The smallest absolute Gasteiger partial charge is 0.155 e. The Labute approximate surface area is 93.2 Å². The van der Waals surface area contributed by atoms with Gasteiger partial charge in [0.2, 0.25) is 0 Å². The van der Waals surface area contributed by atoms with E-state index in [0.717, 1.165) is 16.5 Å². The number of aryl methyl sites for hydroxylation is 1. The van der Waals surface area contributed by atoms with Gasteiger partial charge in [-0.3, -0.25) is 0 Å². The van der Waals surface area contributed by atoms with Crippen LogP contribution in [0.4, 0.5) is 0 Å². The second kappa shape index (κ2) is 3.91. The van der Waals surface area contributed by atoms with E-state index >= 15 is 0 Å². The molecule has 0 aliphatic heterocycles. The predicted octanol–water partition coefficient (Wildman–Crippen LogP) is 3.72. The summed E-state index contributed by atoms with van der Waals surface area (Å²) in [4.78, 5) is 4.21. The standard InChI is InChI=1S/C12H10ClNO/c1-3-15-11-8(2)14-12(13)10-7-5-4-6-9(10)11/h3-7H,1H2,2H3. The first-order chi connectivity index (χ1) is 7.24. The van der Waals surface area contributed by atoms with Crippen LogP contribution in [0.3, 0.4) is 0 Å². The number of rotatable bonds is 2. The lowest BCUT2D eigenvalue weighted by molar-refractivity contribution is 0.482. The Morgan fingerprint density at radius 3 is 2.67 bits per heavy atom. The maximum absolute atomic E-state index is 6.04. The summed E-state index contributed by atoms with van der Waals surface area (Å²) in [7, 11) is 0. The molecule has 0 fully saturated rings. The molecule has 1 aromatic carbocycles. The van der Waals surface area contributed by atoms with Crippen LogP contribution < -0.4 is 4.74 Å². The van der Waals surface area contributed by atoms with Gasteiger partial charge in [-0.15, -0.1) is 0 Å². The zero-order valence-corrected chi connectivity index (χ0v) is 9.08. The Morgan fingerprint density at radius 2 is 2.00 bits per heavy atom. The van der Waals surface area contributed by atoms with E-state index in [1.807, 2.05) is 31.2 Å². The number of hydrogen-bond acceptors (Lipinski definition) is 2. The fraction of sp³-hybridized carbons (Fsp3) is 0.0833. The van der Waals surface area contributed by atoms with Crippen LogP contribution in [0.2, 0.25) is 5.15 Å². The second-order valence-electron chi connectivity index (χ2n) is 3.15. The van der Waals surface area contributed by atoms with Crippen molar-refractivity contribution in [3.8, 4) is 5.75 Å². The molecule has 76 valence electrons. The molecule has 2 rings (SSSR count). The van der Waals surface area contributed by atoms with Crippen molar-refractivity contribution in [1.82, 2.24) is 4.98 Å². The summed E-state index contributed by atoms with van der Waals surface area (Å²) in [5.41, 5.74) is 0.763. The van der Waals surface area contributed by atoms with Crippen LogP contribution in [0.25, 0.3) is 10.8 Å². The van der Waals surface area contributed by atoms with E-state index < -0.39 is 0 Å². The van der Waals surface area contributed by atoms with Gasteiger partial charge in [0.25, 0.3) is 0 Å². The lowest BCUT2D eigenvalue weighted by Crippen LogP contribution is -1.92. The summed E-state index contributed by atoms with van der Waals surface area (Å²) in [6, 6.07) is 7.73. The van der Waals surface area contributed by atoms with E-state index in [0.29, 0.717) is 10.9 Å². The van der Waals surface area contributed by atoms with Crippen LogP contribution in [-0.4, -0.2) is 4.98 Å². The Morgan fingerprint density at radius 1 is 1.33 bits per heavy atom. The van der Waals surface area contributed by atoms with Crippen molar-refractivity contribution in [2.24, 2.45) is 0 Å². The highest BCUT2D eigenvalue weighted by Gasteiger charge is 2.09. The van der Waals surface area contributed by atoms with Crippen LogP contribution in [0, 0.1) is 6.92 Å². The van der Waals surface area contributed by atoms with Crippen molar-refractivity contribution in [1.29, 1.82) is 0 Å². The number of pyridine rings is 1. The molecule has 2 nitrogen and oxygen atoms in total. The zero-order valence-electron chi connectivity index (χ0n) is 8.33. The number of ether oxygens (including phenoxy) is 1. The number of hydrogen-bond donors (Lipinski definition) is 0. The van der Waals surface area contributed by atoms with Crippen LogP contribution in [0.5, 0.6) is 5.75 Å². The fourth-order valence-electron chi connectivity index (χ4n) is 1.55. The van der Waals surface area contributed by atoms with E-state index in [4.69, 9.17) is 16.3 Å². The van der Waals surface area contributed by atoms with Gasteiger partial charge in [-0.1, -0.05) is 42.4 Å². The van der Waals surface area contributed by atoms with Gasteiger partial charge in [0.05, 0.1) is 12.0 Å². The van der Waals surface area contributed by atoms with E-state index in [1.165, 1.54) is 6.26 Å². The molecule has 0 spiro atoms. The van der Waals surface area contributed by atoms with Crippen molar-refractivity contribution in [3.05, 3.63) is 48.0 Å². The van der Waals surface area contributed by atoms with Gasteiger partial charge in [0.15, 0.2) is 5.75 Å². The molecule has 1 aromatic heterocycles. The van der Waals surface area contributed by atoms with Gasteiger partial charge in [0.1, 0.15) is 5.15 Å². The zero-order chi connectivity index (χ0) is 10.8. The van der Waals surface area contributed by atoms with Crippen molar-refractivity contribution >= 4 is 22.4 Å². The van der Waals surface area contributed by atoms with Crippen LogP contribution in [-0.2, 0) is 0 Å². The normalized spacial score (nSPS) is 10.3. The van der Waals surface area contributed by atoms with E-state index in [-0.39, 0.29) is 0 Å². The lowest BCUT2D eigenvalue weighted by Gasteiger charge is -2.09. The Bertz CT molecular complexity index is 522. The molecule has 0 atom stereocenters. The van der Waals surface area contributed by atoms with Gasteiger partial charge >= 0.3 is 0 Å². The predicted molar refractivity (Wildman–Crippen MR) is 62.3 cm³/mol. The highest BCUT2D eigenvalue weighted by Crippen LogP contribution is 2.32. The topological polar surface area (TPSA) is 22.1 Å². The third-order valence-electron chi connectivity index (χ3n) is 2.19. The van der Waals surface area contributed by atoms with Crippen molar-refractivity contribution in [2.45, 2.75) is 6.92 Å². The summed E-state index contributed by atoms with van der Waals surface area (Å²) in [6.07, 6.45) is 1.39. The van der Waals surface area contributed by atoms with Crippen molar-refractivity contribution in [2.75, 3.05) is 0 Å². The summed E-state index contributed by atoms with van der Waals surface area (Å²) in [5, 5.41) is 2.34. The monoisotopic (exact) mass is 219 g/mol. The first-order valence-corrected chi connectivity index (χ1v) is 4.94. The van der Waals surface area contributed by atoms with Gasteiger partial charge in [-0.25, -0.2) is 4.98 Å². The fourth-order valence-corrected chi connectivity index (χ4v) is 1.84. The molecule has 0 amide bonds. The lowest BCUT2D eigenvalue weighted by atomic mass is 10.1. The average Bonchev–Trinajstić information content (AvgIpc) is 2.24. The minimum Gasteiger partial charge on any atom is -0.463 e. The summed E-state index contributed by atoms with van der Waals surface area (Å²) in [6.45, 7) is 5.40. The molecule has 0 saturated heterocycles. The molecule has 1 heterocycles. The Hall–Kier alpha value is -1.54. The molecule has 0 bridgehead atoms. The largest absolute Gasteiger partial charge is 0.463 e. The summed E-state index contributed by atoms with van der Waals surface area (Å²) >= 11 is 6.04. The van der Waals surface area contributed by atoms with E-state index in [1.54, 1.807) is 0 Å². The van der Waals surface area contributed by atoms with Gasteiger partial charge < -0.3 is 4.74 Å². The van der Waals surface area contributed by atoms with E-state index in [2.05, 4.69) is 11.6 Å². The van der Waals surface area contributed by atoms with Crippen LogP contribution in [0.1, 0.15) is 5.69 Å². The third-order valence-corrected chi connectivity index (χ3v) is 2.48. The Balaban J connectivity index is 2.83. The minimum absolute atomic E-state index is 0.500. The highest BCUT2D eigenvalue weighted by molar-refractivity contribution is 6.34. The van der Waals surface area contributed by atoms with Crippen LogP contribution >= 0.6 is 11.6 Å². The van der Waals surface area contributed by atoms with E-state index in [9.17, 15) is 0 Å². The molecular weight excluding hydrogens is 210 g/mol. The number of halogens is 1. The second-order valence-corrected chi connectivity index (χ2v) is 3.51. The molecule has 0 aliphatic carbocycles. The number of aromatic nitrogens is 1. The summed E-state index contributed by atoms with van der Waals surface area (Å²) in [5.74, 6) is 0.713. The molecule has 3 heteroatoms. The Kier molecular flexibility index (Phi) is 2.60. The van der Waals surface area contributed by atoms with Crippen molar-refractivity contribution in [3.63, 3.8) is 0 Å². The maximum Gasteiger partial charge on any atom is 0.155 e. The highest BCUT2D eigenvalue weighted by atomic mass is 35.5. The van der Waals surface area contributed by atoms with Gasteiger partial charge in [0, 0.05) is 10.8 Å². The minimum atomic E-state index is 0.500. The SMILES string of the molecule is C=COc1c(C)nc(Cl)c2ccccc12. The van der Waals surface area contributed by atoms with Gasteiger partial charge in [-0.2, -0.15) is 0 Å². The van der Waals surface area contributed by atoms with Crippen LogP contribution in [0.15, 0.2) is 37.1 Å². The average molecular weight is 220 g/mol. The van der Waals surface area contributed by atoms with Crippen molar-refractivity contribution < 1.29 is 4.74 Å². The molecular formula is C12H10ClNO. The molecule has 15 heavy (non-hydrogen) atoms. The maximum atomic E-state index is 6.04. The number of benzene rings is 1. The molecule has 2 aromatic rings. The third kappa shape index (κ3) is 1.68. The first kappa shape index (κ1) is 9.99. The molecule has 0 aliphatic rings. The number of fused-ring (bicyclic) bond motifs is 1. The molecule has 0 N–H and O–H groups in total. The molecule has 0 saturated carbocycles. The quantitative estimate of drug-likeness (QED) is 0.567. The molecule has 0 unspecified atom stereocenters. The number of nitrogens with zero attached hydrogens (tertiary/aromatic N) is 1.